The Morgan fingerprint density at radius 3 is 2.60 bits per heavy atom. The summed E-state index contributed by atoms with van der Waals surface area (Å²) in [5.41, 5.74) is 4.24. The minimum Gasteiger partial charge on any atom is -0.480 e. The molecule has 0 bridgehead atoms. The second kappa shape index (κ2) is 5.66. The molecule has 1 amide bonds. The molecule has 0 spiro atoms. The molecule has 1 aromatic heterocycles. The molecule has 0 atom stereocenters. The molecule has 0 aliphatic heterocycles. The third kappa shape index (κ3) is 2.85. The Hall–Kier alpha value is -1.82. The fraction of sp³-hybridized carbons (Fsp3) is 0.571. The van der Waals surface area contributed by atoms with Crippen LogP contribution < -0.4 is 11.1 Å². The lowest BCUT2D eigenvalue weighted by molar-refractivity contribution is -0.146. The first-order valence-corrected chi connectivity index (χ1v) is 6.81. The Bertz CT molecular complexity index is 501. The summed E-state index contributed by atoms with van der Waals surface area (Å²) >= 11 is 0. The molecule has 0 unspecified atom stereocenters. The lowest BCUT2D eigenvalue weighted by Crippen LogP contribution is -2.56. The zero-order valence-corrected chi connectivity index (χ0v) is 11.5. The summed E-state index contributed by atoms with van der Waals surface area (Å²) in [6, 6.07) is 3.13. The fourth-order valence-corrected chi connectivity index (χ4v) is 2.54. The van der Waals surface area contributed by atoms with E-state index in [1.165, 1.54) is 6.07 Å². The van der Waals surface area contributed by atoms with Gasteiger partial charge in [0, 0.05) is 0 Å². The highest BCUT2D eigenvalue weighted by Crippen LogP contribution is 2.32. The Balaban J connectivity index is 2.12. The van der Waals surface area contributed by atoms with E-state index in [2.05, 4.69) is 12.2 Å². The number of hydrogen-bond acceptors (Lipinski definition) is 4. The van der Waals surface area contributed by atoms with E-state index in [1.807, 2.05) is 0 Å². The molecule has 1 aliphatic rings. The van der Waals surface area contributed by atoms with E-state index >= 15 is 0 Å². The van der Waals surface area contributed by atoms with Crippen LogP contribution in [-0.2, 0) is 11.3 Å². The van der Waals surface area contributed by atoms with E-state index in [4.69, 9.17) is 10.2 Å². The van der Waals surface area contributed by atoms with Gasteiger partial charge in [-0.3, -0.25) is 4.79 Å². The van der Waals surface area contributed by atoms with Crippen LogP contribution >= 0.6 is 0 Å². The number of carboxylic acids is 1. The highest BCUT2D eigenvalue weighted by atomic mass is 16.4. The second-order valence-electron chi connectivity index (χ2n) is 5.49. The third-order valence-electron chi connectivity index (χ3n) is 3.98. The number of carboxylic acid groups (broad SMARTS) is 1. The van der Waals surface area contributed by atoms with Crippen molar-refractivity contribution in [1.82, 2.24) is 5.32 Å². The first-order valence-electron chi connectivity index (χ1n) is 6.81. The van der Waals surface area contributed by atoms with Crippen LogP contribution in [0.25, 0.3) is 0 Å². The first kappa shape index (κ1) is 14.6. The molecule has 1 saturated carbocycles. The predicted molar refractivity (Wildman–Crippen MR) is 72.1 cm³/mol. The monoisotopic (exact) mass is 280 g/mol. The molecule has 2 rings (SSSR count). The van der Waals surface area contributed by atoms with Crippen LogP contribution in [0, 0.1) is 5.92 Å². The summed E-state index contributed by atoms with van der Waals surface area (Å²) in [6.07, 6.45) is 2.47. The van der Waals surface area contributed by atoms with Crippen LogP contribution in [0.4, 0.5) is 0 Å². The maximum Gasteiger partial charge on any atom is 0.329 e. The smallest absolute Gasteiger partial charge is 0.329 e. The van der Waals surface area contributed by atoms with E-state index in [1.54, 1.807) is 6.07 Å². The van der Waals surface area contributed by atoms with Crippen molar-refractivity contribution < 1.29 is 19.1 Å². The van der Waals surface area contributed by atoms with Crippen LogP contribution in [0.2, 0.25) is 0 Å². The quantitative estimate of drug-likeness (QED) is 0.775. The molecule has 0 aromatic carbocycles. The highest BCUT2D eigenvalue weighted by molar-refractivity contribution is 5.95. The maximum absolute atomic E-state index is 12.1. The molecule has 4 N–H and O–H groups in total. The number of aliphatic carboxylic acids is 1. The first-order chi connectivity index (χ1) is 9.47. The Kier molecular flexibility index (Phi) is 4.13. The van der Waals surface area contributed by atoms with Gasteiger partial charge in [0.2, 0.25) is 0 Å². The van der Waals surface area contributed by atoms with Gasteiger partial charge in [-0.25, -0.2) is 4.79 Å². The van der Waals surface area contributed by atoms with Crippen LogP contribution in [0.1, 0.15) is 48.9 Å². The van der Waals surface area contributed by atoms with Gasteiger partial charge >= 0.3 is 5.97 Å². The number of carbonyl (C=O) groups excluding carboxylic acids is 1. The molecule has 6 heteroatoms. The van der Waals surface area contributed by atoms with E-state index in [0.29, 0.717) is 24.5 Å². The summed E-state index contributed by atoms with van der Waals surface area (Å²) in [5, 5.41) is 12.1. The number of furan rings is 1. The molecule has 0 radical (unpaired) electrons. The van der Waals surface area contributed by atoms with Crippen LogP contribution in [0.3, 0.4) is 0 Å². The minimum atomic E-state index is -1.18. The van der Waals surface area contributed by atoms with Gasteiger partial charge in [-0.1, -0.05) is 6.92 Å². The summed E-state index contributed by atoms with van der Waals surface area (Å²) in [6.45, 7) is 2.29. The second-order valence-corrected chi connectivity index (χ2v) is 5.49. The number of nitrogens with one attached hydrogen (secondary N) is 1. The largest absolute Gasteiger partial charge is 0.480 e. The number of amides is 1. The van der Waals surface area contributed by atoms with E-state index < -0.39 is 17.4 Å². The standard InChI is InChI=1S/C14H20N2O4/c1-9-4-6-14(7-5-9,13(18)19)16-12(17)11-3-2-10(8-15)20-11/h2-3,9H,4-8,15H2,1H3,(H,16,17)(H,18,19). The van der Waals surface area contributed by atoms with Crippen molar-refractivity contribution >= 4 is 11.9 Å². The van der Waals surface area contributed by atoms with Gasteiger partial charge in [0.05, 0.1) is 6.54 Å². The van der Waals surface area contributed by atoms with Crippen molar-refractivity contribution in [2.75, 3.05) is 0 Å². The third-order valence-corrected chi connectivity index (χ3v) is 3.98. The number of hydrogen-bond donors (Lipinski definition) is 3. The molecule has 20 heavy (non-hydrogen) atoms. The highest BCUT2D eigenvalue weighted by Gasteiger charge is 2.43. The van der Waals surface area contributed by atoms with E-state index in [-0.39, 0.29) is 12.3 Å². The summed E-state index contributed by atoms with van der Waals surface area (Å²) in [5.74, 6) is -0.390. The van der Waals surface area contributed by atoms with Crippen molar-refractivity contribution in [1.29, 1.82) is 0 Å². The van der Waals surface area contributed by atoms with Crippen molar-refractivity contribution in [3.05, 3.63) is 23.7 Å². The molecular formula is C14H20N2O4. The zero-order valence-electron chi connectivity index (χ0n) is 11.5. The Morgan fingerprint density at radius 2 is 2.10 bits per heavy atom. The molecule has 1 aromatic rings. The molecular weight excluding hydrogens is 260 g/mol. The number of rotatable bonds is 4. The van der Waals surface area contributed by atoms with Crippen molar-refractivity contribution in [2.24, 2.45) is 11.7 Å². The number of nitrogens with two attached hydrogens (primary N) is 1. The van der Waals surface area contributed by atoms with Crippen molar-refractivity contribution in [3.8, 4) is 0 Å². The summed E-state index contributed by atoms with van der Waals surface area (Å²) in [4.78, 5) is 23.7. The zero-order chi connectivity index (χ0) is 14.8. The van der Waals surface area contributed by atoms with Crippen LogP contribution in [0.5, 0.6) is 0 Å². The Labute approximate surface area is 117 Å². The average molecular weight is 280 g/mol. The lowest BCUT2D eigenvalue weighted by atomic mass is 9.77. The Morgan fingerprint density at radius 1 is 1.45 bits per heavy atom. The number of carbonyl (C=O) groups is 2. The van der Waals surface area contributed by atoms with Gasteiger partial charge in [-0.2, -0.15) is 0 Å². The van der Waals surface area contributed by atoms with Gasteiger partial charge in [0.15, 0.2) is 5.76 Å². The van der Waals surface area contributed by atoms with Crippen molar-refractivity contribution in [3.63, 3.8) is 0 Å². The average Bonchev–Trinajstić information content (AvgIpc) is 2.90. The molecule has 1 heterocycles. The molecule has 1 fully saturated rings. The topological polar surface area (TPSA) is 106 Å². The predicted octanol–water partition coefficient (Wildman–Crippen LogP) is 1.50. The van der Waals surface area contributed by atoms with E-state index in [0.717, 1.165) is 12.8 Å². The SMILES string of the molecule is CC1CCC(NC(=O)c2ccc(CN)o2)(C(=O)O)CC1. The lowest BCUT2D eigenvalue weighted by Gasteiger charge is -2.36. The summed E-state index contributed by atoms with van der Waals surface area (Å²) in [7, 11) is 0. The summed E-state index contributed by atoms with van der Waals surface area (Å²) < 4.78 is 5.25. The molecule has 1 aliphatic carbocycles. The van der Waals surface area contributed by atoms with Gasteiger partial charge < -0.3 is 20.6 Å². The molecule has 0 saturated heterocycles. The molecule has 110 valence electrons. The van der Waals surface area contributed by atoms with Gasteiger partial charge in [0.25, 0.3) is 5.91 Å². The normalized spacial score (nSPS) is 26.2. The maximum atomic E-state index is 12.1. The van der Waals surface area contributed by atoms with Crippen LogP contribution in [0.15, 0.2) is 16.5 Å². The van der Waals surface area contributed by atoms with Crippen molar-refractivity contribution in [2.45, 2.75) is 44.7 Å². The van der Waals surface area contributed by atoms with Gasteiger partial charge in [0.1, 0.15) is 11.3 Å². The van der Waals surface area contributed by atoms with Crippen LogP contribution in [-0.4, -0.2) is 22.5 Å². The van der Waals surface area contributed by atoms with Gasteiger partial charge in [-0.05, 0) is 43.7 Å². The van der Waals surface area contributed by atoms with Gasteiger partial charge in [-0.15, -0.1) is 0 Å². The van der Waals surface area contributed by atoms with E-state index in [9.17, 15) is 14.7 Å². The molecule has 6 nitrogen and oxygen atoms in total. The minimum absolute atomic E-state index is 0.102. The fourth-order valence-electron chi connectivity index (χ4n) is 2.54.